The number of thioether (sulfide) groups is 1. The van der Waals surface area contributed by atoms with E-state index in [4.69, 9.17) is 9.47 Å². The molecule has 4 rings (SSSR count). The van der Waals surface area contributed by atoms with E-state index in [0.717, 1.165) is 16.9 Å². The molecule has 2 heterocycles. The van der Waals surface area contributed by atoms with Crippen LogP contribution in [0.4, 0.5) is 5.69 Å². The largest absolute Gasteiger partial charge is 0.497 e. The van der Waals surface area contributed by atoms with E-state index in [2.05, 4.69) is 15.2 Å². The number of carbonyl (C=O) groups excluding carboxylic acids is 1. The van der Waals surface area contributed by atoms with E-state index in [9.17, 15) is 4.79 Å². The van der Waals surface area contributed by atoms with Crippen molar-refractivity contribution in [2.45, 2.75) is 24.7 Å². The molecular weight excluding hydrogens is 388 g/mol. The normalized spacial score (nSPS) is 15.0. The van der Waals surface area contributed by atoms with Crippen LogP contribution in [0.15, 0.2) is 53.7 Å². The van der Waals surface area contributed by atoms with Gasteiger partial charge in [0.15, 0.2) is 5.69 Å². The second kappa shape index (κ2) is 8.08. The monoisotopic (exact) mass is 408 g/mol. The number of methoxy groups -OCH3 is 1. The summed E-state index contributed by atoms with van der Waals surface area (Å²) in [6.07, 6.45) is 1.51. The van der Waals surface area contributed by atoms with Gasteiger partial charge < -0.3 is 9.47 Å². The zero-order chi connectivity index (χ0) is 20.4. The van der Waals surface area contributed by atoms with Crippen molar-refractivity contribution in [2.75, 3.05) is 18.3 Å². The molecule has 0 fully saturated rings. The Kier molecular flexibility index (Phi) is 5.35. The molecule has 1 amide bonds. The third kappa shape index (κ3) is 3.51. The molecule has 0 saturated heterocycles. The molecule has 1 aliphatic heterocycles. The zero-order valence-electron chi connectivity index (χ0n) is 16.3. The third-order valence-corrected chi connectivity index (χ3v) is 5.20. The predicted octanol–water partition coefficient (Wildman–Crippen LogP) is 4.10. The van der Waals surface area contributed by atoms with Gasteiger partial charge in [-0.2, -0.15) is 4.98 Å². The number of nitrogens with zero attached hydrogens (tertiary/aromatic N) is 4. The number of ether oxygens (including phenoxy) is 2. The minimum Gasteiger partial charge on any atom is -0.497 e. The lowest BCUT2D eigenvalue weighted by Gasteiger charge is -2.30. The van der Waals surface area contributed by atoms with E-state index in [1.165, 1.54) is 11.8 Å². The number of carbonyl (C=O) groups is 1. The first kappa shape index (κ1) is 19.2. The molecule has 1 atom stereocenters. The molecule has 8 heteroatoms. The van der Waals surface area contributed by atoms with Gasteiger partial charge in [-0.3, -0.25) is 9.69 Å². The number of fused-ring (bicyclic) bond motifs is 3. The van der Waals surface area contributed by atoms with Gasteiger partial charge in [-0.1, -0.05) is 36.9 Å². The van der Waals surface area contributed by atoms with Gasteiger partial charge in [0.2, 0.25) is 23.2 Å². The standard InChI is InChI=1S/C21H20N4O3S/c1-4-17(26)25-16-8-6-5-7-15(16)18-19(22-21(29-3)24-23-18)28-20(25)13-9-11-14(27-2)12-10-13/h5-12,20H,4H2,1-3H3/t20-/m0/s1. The van der Waals surface area contributed by atoms with Crippen molar-refractivity contribution in [3.8, 4) is 22.9 Å². The van der Waals surface area contributed by atoms with Gasteiger partial charge in [0.25, 0.3) is 0 Å². The summed E-state index contributed by atoms with van der Waals surface area (Å²) >= 11 is 1.38. The smallest absolute Gasteiger partial charge is 0.247 e. The highest BCUT2D eigenvalue weighted by Gasteiger charge is 2.35. The van der Waals surface area contributed by atoms with Crippen LogP contribution in [0, 0.1) is 0 Å². The quantitative estimate of drug-likeness (QED) is 0.601. The SMILES string of the molecule is CCC(=O)N1c2ccccc2-c2nnc(SC)nc2O[C@H]1c1ccc(OC)cc1. The molecule has 0 bridgehead atoms. The highest BCUT2D eigenvalue weighted by Crippen LogP contribution is 2.43. The van der Waals surface area contributed by atoms with E-state index in [-0.39, 0.29) is 5.91 Å². The van der Waals surface area contributed by atoms with Crippen molar-refractivity contribution in [1.29, 1.82) is 0 Å². The van der Waals surface area contributed by atoms with Crippen LogP contribution < -0.4 is 14.4 Å². The van der Waals surface area contributed by atoms with Gasteiger partial charge in [0, 0.05) is 17.5 Å². The summed E-state index contributed by atoms with van der Waals surface area (Å²) in [5.41, 5.74) is 2.79. The van der Waals surface area contributed by atoms with Crippen molar-refractivity contribution >= 4 is 23.4 Å². The Bertz CT molecular complexity index is 1040. The van der Waals surface area contributed by atoms with Crippen LogP contribution in [-0.4, -0.2) is 34.5 Å². The Labute approximate surface area is 173 Å². The number of benzene rings is 2. The minimum absolute atomic E-state index is 0.0656. The number of amides is 1. The lowest BCUT2D eigenvalue weighted by atomic mass is 10.1. The topological polar surface area (TPSA) is 77.4 Å². The summed E-state index contributed by atoms with van der Waals surface area (Å²) in [4.78, 5) is 19.2. The molecule has 0 spiro atoms. The average Bonchev–Trinajstić information content (AvgIpc) is 2.92. The number of aromatic nitrogens is 3. The molecule has 7 nitrogen and oxygen atoms in total. The van der Waals surface area contributed by atoms with E-state index in [0.29, 0.717) is 28.8 Å². The number of para-hydroxylation sites is 1. The Morgan fingerprint density at radius 3 is 2.62 bits per heavy atom. The molecule has 29 heavy (non-hydrogen) atoms. The van der Waals surface area contributed by atoms with E-state index >= 15 is 0 Å². The maximum atomic E-state index is 13.0. The fourth-order valence-electron chi connectivity index (χ4n) is 3.23. The van der Waals surface area contributed by atoms with Gasteiger partial charge in [0.05, 0.1) is 12.8 Å². The first-order valence-electron chi connectivity index (χ1n) is 9.17. The van der Waals surface area contributed by atoms with Crippen molar-refractivity contribution in [3.63, 3.8) is 0 Å². The Morgan fingerprint density at radius 2 is 1.93 bits per heavy atom. The summed E-state index contributed by atoms with van der Waals surface area (Å²) in [7, 11) is 1.61. The first-order chi connectivity index (χ1) is 14.2. The van der Waals surface area contributed by atoms with Crippen LogP contribution in [0.3, 0.4) is 0 Å². The van der Waals surface area contributed by atoms with Crippen LogP contribution in [0.5, 0.6) is 11.6 Å². The second-order valence-electron chi connectivity index (χ2n) is 6.33. The molecule has 3 aromatic rings. The van der Waals surface area contributed by atoms with E-state index in [1.54, 1.807) is 12.0 Å². The molecule has 0 aliphatic carbocycles. The van der Waals surface area contributed by atoms with Crippen LogP contribution in [0.1, 0.15) is 25.1 Å². The minimum atomic E-state index is -0.692. The van der Waals surface area contributed by atoms with E-state index < -0.39 is 6.23 Å². The van der Waals surface area contributed by atoms with Crippen LogP contribution >= 0.6 is 11.8 Å². The van der Waals surface area contributed by atoms with Gasteiger partial charge in [0.1, 0.15) is 5.75 Å². The number of hydrogen-bond acceptors (Lipinski definition) is 7. The number of anilines is 1. The number of hydrogen-bond donors (Lipinski definition) is 0. The van der Waals surface area contributed by atoms with Crippen LogP contribution in [0.2, 0.25) is 0 Å². The van der Waals surface area contributed by atoms with Gasteiger partial charge in [-0.05, 0) is 36.6 Å². The van der Waals surface area contributed by atoms with Crippen molar-refractivity contribution in [2.24, 2.45) is 0 Å². The Hall–Kier alpha value is -3.13. The zero-order valence-corrected chi connectivity index (χ0v) is 17.1. The predicted molar refractivity (Wildman–Crippen MR) is 111 cm³/mol. The van der Waals surface area contributed by atoms with Gasteiger partial charge in [-0.15, -0.1) is 10.2 Å². The molecular formula is C21H20N4O3S. The third-order valence-electron chi connectivity index (χ3n) is 4.67. The lowest BCUT2D eigenvalue weighted by Crippen LogP contribution is -2.37. The van der Waals surface area contributed by atoms with Crippen molar-refractivity contribution in [1.82, 2.24) is 15.2 Å². The fraction of sp³-hybridized carbons (Fsp3) is 0.238. The van der Waals surface area contributed by atoms with Crippen molar-refractivity contribution < 1.29 is 14.3 Å². The molecule has 2 aromatic carbocycles. The van der Waals surface area contributed by atoms with E-state index in [1.807, 2.05) is 61.7 Å². The Morgan fingerprint density at radius 1 is 1.17 bits per heavy atom. The molecule has 0 N–H and O–H groups in total. The highest BCUT2D eigenvalue weighted by molar-refractivity contribution is 7.98. The molecule has 0 unspecified atom stereocenters. The molecule has 0 radical (unpaired) electrons. The maximum absolute atomic E-state index is 13.0. The van der Waals surface area contributed by atoms with Crippen LogP contribution in [-0.2, 0) is 4.79 Å². The summed E-state index contributed by atoms with van der Waals surface area (Å²) in [5, 5.41) is 9.02. The van der Waals surface area contributed by atoms with Crippen LogP contribution in [0.25, 0.3) is 11.3 Å². The lowest BCUT2D eigenvalue weighted by molar-refractivity contribution is -0.120. The fourth-order valence-corrected chi connectivity index (χ4v) is 3.52. The number of rotatable bonds is 4. The second-order valence-corrected chi connectivity index (χ2v) is 7.10. The summed E-state index contributed by atoms with van der Waals surface area (Å²) in [5.74, 6) is 1.01. The Balaban J connectivity index is 1.94. The molecule has 0 saturated carbocycles. The molecule has 1 aliphatic rings. The van der Waals surface area contributed by atoms with Crippen molar-refractivity contribution in [3.05, 3.63) is 54.1 Å². The van der Waals surface area contributed by atoms with Gasteiger partial charge in [-0.25, -0.2) is 0 Å². The summed E-state index contributed by atoms with van der Waals surface area (Å²) in [6.45, 7) is 1.83. The molecule has 1 aromatic heterocycles. The first-order valence-corrected chi connectivity index (χ1v) is 10.4. The highest BCUT2D eigenvalue weighted by atomic mass is 32.2. The summed E-state index contributed by atoms with van der Waals surface area (Å²) < 4.78 is 11.6. The molecule has 148 valence electrons. The average molecular weight is 408 g/mol. The summed E-state index contributed by atoms with van der Waals surface area (Å²) in [6, 6.07) is 15.0. The maximum Gasteiger partial charge on any atom is 0.247 e. The van der Waals surface area contributed by atoms with Gasteiger partial charge >= 0.3 is 0 Å².